The van der Waals surface area contributed by atoms with E-state index in [0.29, 0.717) is 11.1 Å². The van der Waals surface area contributed by atoms with Crippen LogP contribution in [0.1, 0.15) is 27.0 Å². The maximum Gasteiger partial charge on any atom is 0.328 e. The van der Waals surface area contributed by atoms with Crippen LogP contribution in [-0.4, -0.2) is 41.9 Å². The zero-order valence-corrected chi connectivity index (χ0v) is 15.8. The van der Waals surface area contributed by atoms with Gasteiger partial charge >= 0.3 is 5.97 Å². The van der Waals surface area contributed by atoms with Gasteiger partial charge in [0.05, 0.1) is 12.0 Å². The second-order valence-electron chi connectivity index (χ2n) is 6.46. The minimum atomic E-state index is -0.843. The van der Waals surface area contributed by atoms with Gasteiger partial charge in [-0.3, -0.25) is 14.9 Å². The van der Waals surface area contributed by atoms with E-state index in [1.165, 1.54) is 24.1 Å². The van der Waals surface area contributed by atoms with Crippen LogP contribution in [0.15, 0.2) is 42.5 Å². The molecule has 7 heteroatoms. The Kier molecular flexibility index (Phi) is 6.28. The number of aryl methyl sites for hydroxylation is 2. The third-order valence-electron chi connectivity index (χ3n) is 4.31. The molecule has 0 aromatic heterocycles. The van der Waals surface area contributed by atoms with Crippen LogP contribution >= 0.6 is 0 Å². The summed E-state index contributed by atoms with van der Waals surface area (Å²) in [6, 6.07) is 10.5. The molecule has 7 nitrogen and oxygen atoms in total. The van der Waals surface area contributed by atoms with E-state index in [2.05, 4.69) is 0 Å². The molecule has 27 heavy (non-hydrogen) atoms. The van der Waals surface area contributed by atoms with Gasteiger partial charge in [-0.2, -0.15) is 0 Å². The number of carbonyl (C=O) groups is 2. The Balaban J connectivity index is 2.27. The summed E-state index contributed by atoms with van der Waals surface area (Å²) in [5, 5.41) is 10.8. The molecule has 0 radical (unpaired) electrons. The van der Waals surface area contributed by atoms with E-state index in [1.54, 1.807) is 31.3 Å². The SMILES string of the molecule is COC(=O)[C@H](Cc1ccc([N+](=O)[O-])cc1)N(C)C(=O)c1cc(C)cc(C)c1. The van der Waals surface area contributed by atoms with Gasteiger partial charge in [0.2, 0.25) is 0 Å². The van der Waals surface area contributed by atoms with Gasteiger partial charge in [0.25, 0.3) is 11.6 Å². The van der Waals surface area contributed by atoms with E-state index in [4.69, 9.17) is 4.74 Å². The van der Waals surface area contributed by atoms with Crippen molar-refractivity contribution in [2.45, 2.75) is 26.3 Å². The minimum Gasteiger partial charge on any atom is -0.467 e. The summed E-state index contributed by atoms with van der Waals surface area (Å²) in [6.07, 6.45) is 0.192. The number of hydrogen-bond donors (Lipinski definition) is 0. The normalized spacial score (nSPS) is 11.6. The first kappa shape index (κ1) is 20.1. The van der Waals surface area contributed by atoms with Crippen molar-refractivity contribution in [2.75, 3.05) is 14.2 Å². The van der Waals surface area contributed by atoms with Crippen LogP contribution in [0.5, 0.6) is 0 Å². The lowest BCUT2D eigenvalue weighted by atomic mass is 10.0. The number of rotatable bonds is 6. The predicted octanol–water partition coefficient (Wildman–Crippen LogP) is 3.07. The number of likely N-dealkylation sites (N-methyl/N-ethyl adjacent to an activating group) is 1. The van der Waals surface area contributed by atoms with Crippen LogP contribution in [-0.2, 0) is 16.0 Å². The van der Waals surface area contributed by atoms with Gasteiger partial charge in [0, 0.05) is 31.2 Å². The first-order valence-electron chi connectivity index (χ1n) is 8.39. The van der Waals surface area contributed by atoms with Gasteiger partial charge in [0.1, 0.15) is 6.04 Å². The summed E-state index contributed by atoms with van der Waals surface area (Å²) in [4.78, 5) is 36.8. The summed E-state index contributed by atoms with van der Waals surface area (Å²) >= 11 is 0. The van der Waals surface area contributed by atoms with Crippen LogP contribution < -0.4 is 0 Å². The topological polar surface area (TPSA) is 89.8 Å². The maximum atomic E-state index is 12.9. The predicted molar refractivity (Wildman–Crippen MR) is 101 cm³/mol. The number of amides is 1. The number of hydrogen-bond acceptors (Lipinski definition) is 5. The molecule has 2 aromatic rings. The van der Waals surface area contributed by atoms with Crippen molar-refractivity contribution in [2.24, 2.45) is 0 Å². The number of methoxy groups -OCH3 is 1. The van der Waals surface area contributed by atoms with Gasteiger partial charge in [-0.05, 0) is 31.5 Å². The highest BCUT2D eigenvalue weighted by Gasteiger charge is 2.29. The molecule has 0 bridgehead atoms. The first-order chi connectivity index (χ1) is 12.7. The zero-order chi connectivity index (χ0) is 20.1. The lowest BCUT2D eigenvalue weighted by Crippen LogP contribution is -2.44. The molecule has 1 atom stereocenters. The van der Waals surface area contributed by atoms with E-state index in [0.717, 1.165) is 11.1 Å². The molecular formula is C20H22N2O5. The van der Waals surface area contributed by atoms with Crippen molar-refractivity contribution in [3.05, 3.63) is 74.8 Å². The highest BCUT2D eigenvalue weighted by Crippen LogP contribution is 2.18. The molecule has 0 saturated heterocycles. The van der Waals surface area contributed by atoms with Crippen molar-refractivity contribution in [3.8, 4) is 0 Å². The summed E-state index contributed by atoms with van der Waals surface area (Å²) in [7, 11) is 2.81. The van der Waals surface area contributed by atoms with E-state index in [9.17, 15) is 19.7 Å². The van der Waals surface area contributed by atoms with Crippen LogP contribution in [0.2, 0.25) is 0 Å². The number of esters is 1. The Labute approximate surface area is 157 Å². The number of nitro groups is 1. The van der Waals surface area contributed by atoms with Crippen LogP contribution in [0.4, 0.5) is 5.69 Å². The molecule has 142 valence electrons. The van der Waals surface area contributed by atoms with E-state index in [-0.39, 0.29) is 18.0 Å². The summed E-state index contributed by atoms with van der Waals surface area (Å²) < 4.78 is 4.86. The van der Waals surface area contributed by atoms with Gasteiger partial charge in [-0.15, -0.1) is 0 Å². The molecular weight excluding hydrogens is 348 g/mol. The Morgan fingerprint density at radius 3 is 2.15 bits per heavy atom. The molecule has 0 heterocycles. The first-order valence-corrected chi connectivity index (χ1v) is 8.39. The Hall–Kier alpha value is -3.22. The van der Waals surface area contributed by atoms with E-state index < -0.39 is 16.9 Å². The fourth-order valence-corrected chi connectivity index (χ4v) is 2.93. The molecule has 0 aliphatic rings. The molecule has 0 aliphatic heterocycles. The maximum absolute atomic E-state index is 12.9. The summed E-state index contributed by atoms with van der Waals surface area (Å²) in [5.41, 5.74) is 3.06. The summed E-state index contributed by atoms with van der Waals surface area (Å²) in [6.45, 7) is 3.80. The third-order valence-corrected chi connectivity index (χ3v) is 4.31. The standard InChI is InChI=1S/C20H22N2O5/c1-13-9-14(2)11-16(10-13)19(23)21(3)18(20(24)27-4)12-15-5-7-17(8-6-15)22(25)26/h5-11,18H,12H2,1-4H3/t18-/m0/s1. The van der Waals surface area contributed by atoms with Crippen LogP contribution in [0.3, 0.4) is 0 Å². The molecule has 2 aromatic carbocycles. The molecule has 0 unspecified atom stereocenters. The van der Waals surface area contributed by atoms with E-state index in [1.807, 2.05) is 19.9 Å². The smallest absolute Gasteiger partial charge is 0.328 e. The average molecular weight is 370 g/mol. The molecule has 0 spiro atoms. The minimum absolute atomic E-state index is 0.0342. The highest BCUT2D eigenvalue weighted by molar-refractivity contribution is 5.97. The van der Waals surface area contributed by atoms with Crippen LogP contribution in [0, 0.1) is 24.0 Å². The van der Waals surface area contributed by atoms with Crippen molar-refractivity contribution in [1.82, 2.24) is 4.90 Å². The number of carbonyl (C=O) groups excluding carboxylic acids is 2. The van der Waals surface area contributed by atoms with Crippen molar-refractivity contribution in [3.63, 3.8) is 0 Å². The monoisotopic (exact) mass is 370 g/mol. The Bertz CT molecular complexity index is 841. The van der Waals surface area contributed by atoms with Gasteiger partial charge in [-0.25, -0.2) is 4.79 Å². The van der Waals surface area contributed by atoms with Crippen LogP contribution in [0.25, 0.3) is 0 Å². The number of nitrogens with zero attached hydrogens (tertiary/aromatic N) is 2. The highest BCUT2D eigenvalue weighted by atomic mass is 16.6. The summed E-state index contributed by atoms with van der Waals surface area (Å²) in [5.74, 6) is -0.840. The number of non-ortho nitro benzene ring substituents is 1. The Morgan fingerprint density at radius 1 is 1.11 bits per heavy atom. The molecule has 0 fully saturated rings. The second kappa shape index (κ2) is 8.44. The molecule has 0 N–H and O–H groups in total. The lowest BCUT2D eigenvalue weighted by molar-refractivity contribution is -0.384. The molecule has 0 aliphatic carbocycles. The molecule has 0 saturated carbocycles. The van der Waals surface area contributed by atoms with Gasteiger partial charge in [-0.1, -0.05) is 29.3 Å². The number of benzene rings is 2. The largest absolute Gasteiger partial charge is 0.467 e. The Morgan fingerprint density at radius 2 is 1.67 bits per heavy atom. The van der Waals surface area contributed by atoms with Gasteiger partial charge in [0.15, 0.2) is 0 Å². The molecule has 1 amide bonds. The molecule has 2 rings (SSSR count). The van der Waals surface area contributed by atoms with Crippen molar-refractivity contribution >= 4 is 17.6 Å². The second-order valence-corrected chi connectivity index (χ2v) is 6.46. The number of nitro benzene ring substituents is 1. The van der Waals surface area contributed by atoms with Crippen molar-refractivity contribution in [1.29, 1.82) is 0 Å². The average Bonchev–Trinajstić information content (AvgIpc) is 2.63. The number of ether oxygens (including phenoxy) is 1. The third kappa shape index (κ3) is 4.91. The van der Waals surface area contributed by atoms with E-state index >= 15 is 0 Å². The van der Waals surface area contributed by atoms with Crippen molar-refractivity contribution < 1.29 is 19.2 Å². The fraction of sp³-hybridized carbons (Fsp3) is 0.300. The lowest BCUT2D eigenvalue weighted by Gasteiger charge is -2.26. The quantitative estimate of drug-likeness (QED) is 0.443. The fourth-order valence-electron chi connectivity index (χ4n) is 2.93. The zero-order valence-electron chi connectivity index (χ0n) is 15.8. The van der Waals surface area contributed by atoms with Gasteiger partial charge < -0.3 is 9.64 Å².